The molecule has 0 radical (unpaired) electrons. The second kappa shape index (κ2) is 4.89. The first kappa shape index (κ1) is 12.8. The predicted octanol–water partition coefficient (Wildman–Crippen LogP) is 0.644. The van der Waals surface area contributed by atoms with Crippen LogP contribution >= 0.6 is 23.5 Å². The first-order chi connectivity index (χ1) is 8.07. The molecule has 2 fully saturated rings. The summed E-state index contributed by atoms with van der Waals surface area (Å²) in [6.45, 7) is 0. The molecule has 2 unspecified atom stereocenters. The highest BCUT2D eigenvalue weighted by Crippen LogP contribution is 2.31. The number of rotatable bonds is 3. The highest BCUT2D eigenvalue weighted by Gasteiger charge is 2.50. The fourth-order valence-electron chi connectivity index (χ4n) is 2.11. The fourth-order valence-corrected chi connectivity index (χ4v) is 3.52. The molecule has 17 heavy (non-hydrogen) atoms. The molecular formula is C10H14N2O3S2. The van der Waals surface area contributed by atoms with Gasteiger partial charge in [0.05, 0.1) is 0 Å². The summed E-state index contributed by atoms with van der Waals surface area (Å²) in [4.78, 5) is 38.4. The van der Waals surface area contributed by atoms with Crippen LogP contribution in [0.25, 0.3) is 0 Å². The maximum absolute atomic E-state index is 12.2. The van der Waals surface area contributed by atoms with Crippen LogP contribution in [0.1, 0.15) is 6.42 Å². The molecule has 2 aliphatic rings. The van der Waals surface area contributed by atoms with Crippen molar-refractivity contribution in [3.8, 4) is 0 Å². The zero-order valence-corrected chi connectivity index (χ0v) is 11.3. The molecule has 0 saturated carbocycles. The Morgan fingerprint density at radius 3 is 2.71 bits per heavy atom. The van der Waals surface area contributed by atoms with Crippen molar-refractivity contribution in [3.63, 3.8) is 0 Å². The second-order valence-electron chi connectivity index (χ2n) is 4.05. The first-order valence-corrected chi connectivity index (χ1v) is 7.71. The summed E-state index contributed by atoms with van der Waals surface area (Å²) in [5.74, 6) is 0.854. The minimum atomic E-state index is -0.574. The van der Waals surface area contributed by atoms with Crippen LogP contribution in [-0.2, 0) is 9.59 Å². The standard InChI is InChI=1S/C10H14N2O3S2/c1-11-6(3-4-16-2)9(14)12-7(8(11)13)5-17-10(12)15/h6-7H,3-5H2,1-2H3. The molecule has 0 spiro atoms. The third kappa shape index (κ3) is 2.06. The number of nitrogens with zero attached hydrogens (tertiary/aromatic N) is 2. The Labute approximate surface area is 108 Å². The van der Waals surface area contributed by atoms with Gasteiger partial charge in [0.25, 0.3) is 11.1 Å². The number of hydrogen-bond acceptors (Lipinski definition) is 5. The van der Waals surface area contributed by atoms with Gasteiger partial charge < -0.3 is 4.90 Å². The van der Waals surface area contributed by atoms with Crippen LogP contribution in [0.5, 0.6) is 0 Å². The van der Waals surface area contributed by atoms with Crippen molar-refractivity contribution < 1.29 is 14.4 Å². The van der Waals surface area contributed by atoms with Crippen LogP contribution in [0.4, 0.5) is 4.79 Å². The van der Waals surface area contributed by atoms with Crippen molar-refractivity contribution >= 4 is 40.6 Å². The summed E-state index contributed by atoms with van der Waals surface area (Å²) in [7, 11) is 1.65. The van der Waals surface area contributed by atoms with E-state index in [4.69, 9.17) is 0 Å². The van der Waals surface area contributed by atoms with E-state index in [0.29, 0.717) is 12.2 Å². The third-order valence-electron chi connectivity index (χ3n) is 3.09. The minimum absolute atomic E-state index is 0.117. The Hall–Kier alpha value is -0.690. The van der Waals surface area contributed by atoms with Crippen molar-refractivity contribution in [2.45, 2.75) is 18.5 Å². The van der Waals surface area contributed by atoms with E-state index in [2.05, 4.69) is 0 Å². The zero-order chi connectivity index (χ0) is 12.6. The van der Waals surface area contributed by atoms with Crippen molar-refractivity contribution in [2.75, 3.05) is 24.8 Å². The van der Waals surface area contributed by atoms with Gasteiger partial charge in [0.15, 0.2) is 0 Å². The van der Waals surface area contributed by atoms with E-state index in [-0.39, 0.29) is 17.1 Å². The second-order valence-corrected chi connectivity index (χ2v) is 6.00. The zero-order valence-electron chi connectivity index (χ0n) is 9.71. The van der Waals surface area contributed by atoms with Crippen molar-refractivity contribution in [1.82, 2.24) is 9.80 Å². The molecule has 3 amide bonds. The van der Waals surface area contributed by atoms with Crippen LogP contribution in [0.3, 0.4) is 0 Å². The lowest BCUT2D eigenvalue weighted by atomic mass is 10.1. The van der Waals surface area contributed by atoms with Crippen molar-refractivity contribution in [1.29, 1.82) is 0 Å². The van der Waals surface area contributed by atoms with E-state index in [1.807, 2.05) is 6.26 Å². The van der Waals surface area contributed by atoms with Crippen molar-refractivity contribution in [3.05, 3.63) is 0 Å². The molecule has 0 aromatic heterocycles. The van der Waals surface area contributed by atoms with Gasteiger partial charge in [-0.2, -0.15) is 11.8 Å². The Morgan fingerprint density at radius 1 is 1.35 bits per heavy atom. The summed E-state index contributed by atoms with van der Waals surface area (Å²) < 4.78 is 0. The highest BCUT2D eigenvalue weighted by atomic mass is 32.2. The molecule has 2 aliphatic heterocycles. The molecule has 2 rings (SSSR count). The molecule has 0 bridgehead atoms. The van der Waals surface area contributed by atoms with Gasteiger partial charge in [-0.25, -0.2) is 0 Å². The van der Waals surface area contributed by atoms with Gasteiger partial charge in [0, 0.05) is 12.8 Å². The molecule has 2 saturated heterocycles. The number of fused-ring (bicyclic) bond motifs is 1. The number of hydrogen-bond donors (Lipinski definition) is 0. The topological polar surface area (TPSA) is 57.7 Å². The largest absolute Gasteiger partial charge is 0.332 e. The molecule has 0 N–H and O–H groups in total. The summed E-state index contributed by atoms with van der Waals surface area (Å²) >= 11 is 2.68. The molecule has 2 atom stereocenters. The molecular weight excluding hydrogens is 260 g/mol. The molecule has 0 aromatic rings. The van der Waals surface area contributed by atoms with E-state index in [9.17, 15) is 14.4 Å². The van der Waals surface area contributed by atoms with E-state index >= 15 is 0 Å². The average Bonchev–Trinajstić information content (AvgIpc) is 2.69. The Morgan fingerprint density at radius 2 is 2.06 bits per heavy atom. The number of carbonyl (C=O) groups is 3. The van der Waals surface area contributed by atoms with Gasteiger partial charge in [-0.05, 0) is 18.4 Å². The third-order valence-corrected chi connectivity index (χ3v) is 4.66. The minimum Gasteiger partial charge on any atom is -0.332 e. The number of amides is 3. The maximum Gasteiger partial charge on any atom is 0.289 e. The Bertz CT molecular complexity index is 375. The number of piperazine rings is 1. The van der Waals surface area contributed by atoms with Crippen LogP contribution in [-0.4, -0.2) is 63.7 Å². The van der Waals surface area contributed by atoms with Gasteiger partial charge in [-0.1, -0.05) is 11.8 Å². The number of imide groups is 1. The highest BCUT2D eigenvalue weighted by molar-refractivity contribution is 8.14. The smallest absolute Gasteiger partial charge is 0.289 e. The predicted molar refractivity (Wildman–Crippen MR) is 68.0 cm³/mol. The number of carbonyl (C=O) groups excluding carboxylic acids is 3. The van der Waals surface area contributed by atoms with Crippen LogP contribution in [0, 0.1) is 0 Å². The summed E-state index contributed by atoms with van der Waals surface area (Å²) in [5, 5.41) is -0.282. The lowest BCUT2D eigenvalue weighted by Crippen LogP contribution is -2.62. The van der Waals surface area contributed by atoms with Crippen LogP contribution < -0.4 is 0 Å². The van der Waals surface area contributed by atoms with Gasteiger partial charge in [0.2, 0.25) is 5.91 Å². The SMILES string of the molecule is CSCCC1C(=O)N2C(=O)SCC2C(=O)N1C. The van der Waals surface area contributed by atoms with Crippen molar-refractivity contribution in [2.24, 2.45) is 0 Å². The molecule has 2 heterocycles. The Kier molecular flexibility index (Phi) is 3.67. The van der Waals surface area contributed by atoms with Gasteiger partial charge in [-0.15, -0.1) is 0 Å². The Balaban J connectivity index is 2.21. The lowest BCUT2D eigenvalue weighted by Gasteiger charge is -2.38. The molecule has 7 heteroatoms. The van der Waals surface area contributed by atoms with E-state index < -0.39 is 12.1 Å². The molecule has 5 nitrogen and oxygen atoms in total. The van der Waals surface area contributed by atoms with Gasteiger partial charge in [0.1, 0.15) is 12.1 Å². The quantitative estimate of drug-likeness (QED) is 0.756. The van der Waals surface area contributed by atoms with Crippen LogP contribution in [0.15, 0.2) is 0 Å². The normalized spacial score (nSPS) is 28.9. The monoisotopic (exact) mass is 274 g/mol. The van der Waals surface area contributed by atoms with Gasteiger partial charge >= 0.3 is 0 Å². The first-order valence-electron chi connectivity index (χ1n) is 5.33. The van der Waals surface area contributed by atoms with E-state index in [0.717, 1.165) is 22.4 Å². The maximum atomic E-state index is 12.2. The molecule has 0 aliphatic carbocycles. The van der Waals surface area contributed by atoms with Gasteiger partial charge in [-0.3, -0.25) is 19.3 Å². The molecule has 0 aromatic carbocycles. The fraction of sp³-hybridized carbons (Fsp3) is 0.700. The summed E-state index contributed by atoms with van der Waals surface area (Å²) in [6, 6.07) is -1.05. The summed E-state index contributed by atoms with van der Waals surface area (Å²) in [6.07, 6.45) is 2.55. The lowest BCUT2D eigenvalue weighted by molar-refractivity contribution is -0.154. The van der Waals surface area contributed by atoms with Crippen LogP contribution in [0.2, 0.25) is 0 Å². The van der Waals surface area contributed by atoms with E-state index in [1.165, 1.54) is 4.90 Å². The van der Waals surface area contributed by atoms with E-state index in [1.54, 1.807) is 18.8 Å². The summed E-state index contributed by atoms with van der Waals surface area (Å²) in [5.41, 5.74) is 0. The number of likely N-dealkylation sites (N-methyl/N-ethyl adjacent to an activating group) is 1. The number of thioether (sulfide) groups is 2. The average molecular weight is 274 g/mol. The molecule has 94 valence electrons.